The van der Waals surface area contributed by atoms with Gasteiger partial charge in [-0.1, -0.05) is 6.58 Å². The van der Waals surface area contributed by atoms with Gasteiger partial charge in [-0.15, -0.1) is 0 Å². The highest BCUT2D eigenvalue weighted by Crippen LogP contribution is 1.86. The lowest BCUT2D eigenvalue weighted by atomic mass is 10.4. The van der Waals surface area contributed by atoms with Crippen LogP contribution in [0.2, 0.25) is 0 Å². The molecular weight excluding hydrogens is 182 g/mol. The van der Waals surface area contributed by atoms with Crippen LogP contribution < -0.4 is 5.32 Å². The number of carbonyl (C=O) groups excluding carboxylic acids is 1. The Morgan fingerprint density at radius 1 is 1.58 bits per heavy atom. The second kappa shape index (κ2) is 4.89. The molecule has 0 aliphatic rings. The SMILES string of the molecule is C=CC(=O)NCCCS(=O)(=O)O. The number of amides is 1. The molecule has 0 heterocycles. The summed E-state index contributed by atoms with van der Waals surface area (Å²) >= 11 is 0. The van der Waals surface area contributed by atoms with Crippen molar-refractivity contribution in [1.82, 2.24) is 5.32 Å². The first kappa shape index (κ1) is 11.1. The molecule has 1 amide bonds. The zero-order valence-corrected chi connectivity index (χ0v) is 7.30. The van der Waals surface area contributed by atoms with Crippen molar-refractivity contribution >= 4 is 16.0 Å². The average Bonchev–Trinajstić information content (AvgIpc) is 1.96. The predicted molar refractivity (Wildman–Crippen MR) is 44.2 cm³/mol. The first-order valence-electron chi connectivity index (χ1n) is 3.31. The molecule has 0 rings (SSSR count). The molecule has 0 aliphatic carbocycles. The van der Waals surface area contributed by atoms with Crippen LogP contribution in [0.3, 0.4) is 0 Å². The molecule has 0 fully saturated rings. The van der Waals surface area contributed by atoms with Gasteiger partial charge in [-0.05, 0) is 12.5 Å². The van der Waals surface area contributed by atoms with E-state index in [2.05, 4.69) is 11.9 Å². The molecule has 6 heteroatoms. The summed E-state index contributed by atoms with van der Waals surface area (Å²) in [6, 6.07) is 0. The third-order valence-electron chi connectivity index (χ3n) is 1.06. The largest absolute Gasteiger partial charge is 0.353 e. The Morgan fingerprint density at radius 3 is 2.58 bits per heavy atom. The van der Waals surface area contributed by atoms with Crippen molar-refractivity contribution in [2.45, 2.75) is 6.42 Å². The number of nitrogens with one attached hydrogen (secondary N) is 1. The highest BCUT2D eigenvalue weighted by molar-refractivity contribution is 7.85. The summed E-state index contributed by atoms with van der Waals surface area (Å²) in [4.78, 5) is 10.5. The van der Waals surface area contributed by atoms with Gasteiger partial charge >= 0.3 is 0 Å². The maximum Gasteiger partial charge on any atom is 0.264 e. The Morgan fingerprint density at radius 2 is 2.17 bits per heavy atom. The third-order valence-corrected chi connectivity index (χ3v) is 1.87. The Hall–Kier alpha value is -0.880. The van der Waals surface area contributed by atoms with Gasteiger partial charge < -0.3 is 5.32 Å². The zero-order chi connectivity index (χ0) is 9.61. The average molecular weight is 193 g/mol. The van der Waals surface area contributed by atoms with Crippen LogP contribution in [0, 0.1) is 0 Å². The molecule has 0 radical (unpaired) electrons. The van der Waals surface area contributed by atoms with Gasteiger partial charge in [0.15, 0.2) is 0 Å². The fourth-order valence-electron chi connectivity index (χ4n) is 0.538. The summed E-state index contributed by atoms with van der Waals surface area (Å²) in [6.45, 7) is 3.42. The van der Waals surface area contributed by atoms with Gasteiger partial charge in [-0.25, -0.2) is 0 Å². The van der Waals surface area contributed by atoms with Crippen LogP contribution in [0.4, 0.5) is 0 Å². The van der Waals surface area contributed by atoms with E-state index in [1.165, 1.54) is 0 Å². The Bertz CT molecular complexity index is 257. The van der Waals surface area contributed by atoms with Gasteiger partial charge in [0, 0.05) is 6.54 Å². The lowest BCUT2D eigenvalue weighted by Crippen LogP contribution is -2.23. The topological polar surface area (TPSA) is 83.5 Å². The van der Waals surface area contributed by atoms with Crippen molar-refractivity contribution in [3.63, 3.8) is 0 Å². The summed E-state index contributed by atoms with van der Waals surface area (Å²) in [5.74, 6) is -0.699. The summed E-state index contributed by atoms with van der Waals surface area (Å²) in [5, 5.41) is 2.37. The van der Waals surface area contributed by atoms with Crippen LogP contribution >= 0.6 is 0 Å². The van der Waals surface area contributed by atoms with E-state index in [-0.39, 0.29) is 24.6 Å². The number of hydrogen-bond acceptors (Lipinski definition) is 3. The Labute approximate surface area is 71.2 Å². The zero-order valence-electron chi connectivity index (χ0n) is 6.49. The number of rotatable bonds is 5. The predicted octanol–water partition coefficient (Wildman–Crippen LogP) is -0.433. The van der Waals surface area contributed by atoms with Crippen LogP contribution in [0.5, 0.6) is 0 Å². The van der Waals surface area contributed by atoms with Crippen LogP contribution in [-0.2, 0) is 14.9 Å². The van der Waals surface area contributed by atoms with Crippen molar-refractivity contribution in [2.75, 3.05) is 12.3 Å². The van der Waals surface area contributed by atoms with Crippen molar-refractivity contribution in [1.29, 1.82) is 0 Å². The molecule has 0 spiro atoms. The lowest BCUT2D eigenvalue weighted by Gasteiger charge is -1.99. The van der Waals surface area contributed by atoms with Gasteiger partial charge in [-0.2, -0.15) is 8.42 Å². The van der Waals surface area contributed by atoms with Crippen LogP contribution in [0.25, 0.3) is 0 Å². The molecule has 0 aromatic rings. The Kier molecular flexibility index (Phi) is 4.53. The summed E-state index contributed by atoms with van der Waals surface area (Å²) in [5.41, 5.74) is 0. The van der Waals surface area contributed by atoms with E-state index in [1.54, 1.807) is 0 Å². The molecule has 0 atom stereocenters. The van der Waals surface area contributed by atoms with Crippen molar-refractivity contribution < 1.29 is 17.8 Å². The second-order valence-corrected chi connectivity index (χ2v) is 3.71. The molecule has 0 aliphatic heterocycles. The van der Waals surface area contributed by atoms with Gasteiger partial charge in [0.2, 0.25) is 5.91 Å². The van der Waals surface area contributed by atoms with E-state index in [0.717, 1.165) is 6.08 Å². The maximum atomic E-state index is 10.5. The molecule has 0 saturated carbocycles. The van der Waals surface area contributed by atoms with Gasteiger partial charge in [-0.3, -0.25) is 9.35 Å². The lowest BCUT2D eigenvalue weighted by molar-refractivity contribution is -0.116. The highest BCUT2D eigenvalue weighted by Gasteiger charge is 2.03. The van der Waals surface area contributed by atoms with Gasteiger partial charge in [0.05, 0.1) is 5.75 Å². The van der Waals surface area contributed by atoms with E-state index in [4.69, 9.17) is 4.55 Å². The summed E-state index contributed by atoms with van der Waals surface area (Å²) in [7, 11) is -3.91. The summed E-state index contributed by atoms with van der Waals surface area (Å²) < 4.78 is 28.6. The molecule has 0 aromatic carbocycles. The molecule has 0 unspecified atom stereocenters. The van der Waals surface area contributed by atoms with Crippen molar-refractivity contribution in [3.05, 3.63) is 12.7 Å². The van der Waals surface area contributed by atoms with E-state index in [9.17, 15) is 13.2 Å². The number of carbonyl (C=O) groups is 1. The standard InChI is InChI=1S/C6H11NO4S/c1-2-6(8)7-4-3-5-12(9,10)11/h2H,1,3-5H2,(H,7,8)(H,9,10,11). The first-order chi connectivity index (χ1) is 5.45. The van der Waals surface area contributed by atoms with E-state index in [1.807, 2.05) is 0 Å². The van der Waals surface area contributed by atoms with Crippen LogP contribution in [0.15, 0.2) is 12.7 Å². The first-order valence-corrected chi connectivity index (χ1v) is 4.92. The monoisotopic (exact) mass is 193 g/mol. The molecule has 0 aromatic heterocycles. The van der Waals surface area contributed by atoms with E-state index >= 15 is 0 Å². The van der Waals surface area contributed by atoms with E-state index in [0.29, 0.717) is 0 Å². The van der Waals surface area contributed by atoms with Crippen molar-refractivity contribution in [3.8, 4) is 0 Å². The van der Waals surface area contributed by atoms with Crippen LogP contribution in [0.1, 0.15) is 6.42 Å². The van der Waals surface area contributed by atoms with E-state index < -0.39 is 10.1 Å². The molecule has 70 valence electrons. The third kappa shape index (κ3) is 7.23. The van der Waals surface area contributed by atoms with Gasteiger partial charge in [0.1, 0.15) is 0 Å². The molecule has 0 saturated heterocycles. The van der Waals surface area contributed by atoms with Crippen molar-refractivity contribution in [2.24, 2.45) is 0 Å². The number of hydrogen-bond donors (Lipinski definition) is 2. The Balaban J connectivity index is 3.47. The normalized spacial score (nSPS) is 10.8. The minimum absolute atomic E-state index is 0.193. The highest BCUT2D eigenvalue weighted by atomic mass is 32.2. The fraction of sp³-hybridized carbons (Fsp3) is 0.500. The smallest absolute Gasteiger partial charge is 0.264 e. The minimum Gasteiger partial charge on any atom is -0.353 e. The molecular formula is C6H11NO4S. The van der Waals surface area contributed by atoms with Crippen LogP contribution in [-0.4, -0.2) is 31.2 Å². The molecule has 5 nitrogen and oxygen atoms in total. The minimum atomic E-state index is -3.91. The molecule has 0 bridgehead atoms. The van der Waals surface area contributed by atoms with Gasteiger partial charge in [0.25, 0.3) is 10.1 Å². The fourth-order valence-corrected chi connectivity index (χ4v) is 1.05. The second-order valence-electron chi connectivity index (χ2n) is 2.13. The molecule has 2 N–H and O–H groups in total. The summed E-state index contributed by atoms with van der Waals surface area (Å²) in [6.07, 6.45) is 1.28. The maximum absolute atomic E-state index is 10.5. The quantitative estimate of drug-likeness (QED) is 0.352. The molecule has 12 heavy (non-hydrogen) atoms.